The topological polar surface area (TPSA) is 12.0 Å². The van der Waals surface area contributed by atoms with Gasteiger partial charge in [0.05, 0.1) is 5.02 Å². The lowest BCUT2D eigenvalue weighted by molar-refractivity contribution is 0.478. The summed E-state index contributed by atoms with van der Waals surface area (Å²) in [4.78, 5) is 0. The van der Waals surface area contributed by atoms with Crippen molar-refractivity contribution < 1.29 is 4.39 Å². The second kappa shape index (κ2) is 4.72. The normalized spacial score (nSPS) is 25.5. The third-order valence-electron chi connectivity index (χ3n) is 3.53. The Kier molecular flexibility index (Phi) is 3.50. The molecule has 1 aromatic carbocycles. The summed E-state index contributed by atoms with van der Waals surface area (Å²) in [6.07, 6.45) is 2.07. The van der Waals surface area contributed by atoms with E-state index in [4.69, 9.17) is 11.6 Å². The minimum Gasteiger partial charge on any atom is -0.316 e. The first-order valence-corrected chi connectivity index (χ1v) is 6.11. The first kappa shape index (κ1) is 11.9. The zero-order chi connectivity index (χ0) is 11.7. The Morgan fingerprint density at radius 3 is 2.81 bits per heavy atom. The van der Waals surface area contributed by atoms with Crippen molar-refractivity contribution >= 4 is 11.6 Å². The van der Waals surface area contributed by atoms with Gasteiger partial charge in [-0.25, -0.2) is 4.39 Å². The molecule has 0 aliphatic heterocycles. The van der Waals surface area contributed by atoms with E-state index in [9.17, 15) is 4.39 Å². The molecule has 1 fully saturated rings. The monoisotopic (exact) mass is 241 g/mol. The van der Waals surface area contributed by atoms with E-state index in [1.807, 2.05) is 13.1 Å². The maximum Gasteiger partial charge on any atom is 0.142 e. The molecule has 3 unspecified atom stereocenters. The molecule has 16 heavy (non-hydrogen) atoms. The Balaban J connectivity index is 2.10. The van der Waals surface area contributed by atoms with Gasteiger partial charge in [0.25, 0.3) is 0 Å². The van der Waals surface area contributed by atoms with Crippen molar-refractivity contribution in [2.75, 3.05) is 7.05 Å². The minimum absolute atomic E-state index is 0.274. The molecule has 1 aromatic rings. The predicted octanol–water partition coefficient (Wildman–Crippen LogP) is 3.27. The molecule has 0 bridgehead atoms. The minimum atomic E-state index is -0.321. The van der Waals surface area contributed by atoms with Gasteiger partial charge in [-0.2, -0.15) is 0 Å². The Morgan fingerprint density at radius 2 is 2.25 bits per heavy atom. The molecule has 1 N–H and O–H groups in total. The first-order chi connectivity index (χ1) is 7.63. The van der Waals surface area contributed by atoms with Gasteiger partial charge in [0, 0.05) is 6.04 Å². The van der Waals surface area contributed by atoms with E-state index in [0.717, 1.165) is 17.9 Å². The maximum atomic E-state index is 13.3. The predicted molar refractivity (Wildman–Crippen MR) is 65.2 cm³/mol. The number of rotatable bonds is 4. The number of nitrogens with one attached hydrogen (secondary N) is 1. The van der Waals surface area contributed by atoms with E-state index in [-0.39, 0.29) is 10.8 Å². The maximum absolute atomic E-state index is 13.3. The molecule has 0 spiro atoms. The van der Waals surface area contributed by atoms with Crippen LogP contribution in [-0.4, -0.2) is 13.1 Å². The number of hydrogen-bond donors (Lipinski definition) is 1. The van der Waals surface area contributed by atoms with Crippen LogP contribution in [0.3, 0.4) is 0 Å². The second-order valence-electron chi connectivity index (χ2n) is 4.69. The van der Waals surface area contributed by atoms with Crippen LogP contribution in [0.15, 0.2) is 18.2 Å². The lowest BCUT2D eigenvalue weighted by Crippen LogP contribution is -2.30. The Morgan fingerprint density at radius 1 is 1.56 bits per heavy atom. The Hall–Kier alpha value is -0.600. The molecule has 0 aromatic heterocycles. The van der Waals surface area contributed by atoms with Gasteiger partial charge in [0.15, 0.2) is 0 Å². The van der Waals surface area contributed by atoms with Gasteiger partial charge in [-0.05, 0) is 43.4 Å². The fraction of sp³-hybridized carbons (Fsp3) is 0.538. The number of halogens is 2. The summed E-state index contributed by atoms with van der Waals surface area (Å²) < 4.78 is 13.3. The molecule has 3 heteroatoms. The van der Waals surface area contributed by atoms with Gasteiger partial charge in [0.2, 0.25) is 0 Å². The second-order valence-corrected chi connectivity index (χ2v) is 5.07. The highest BCUT2D eigenvalue weighted by molar-refractivity contribution is 6.31. The van der Waals surface area contributed by atoms with Crippen molar-refractivity contribution in [3.8, 4) is 0 Å². The molecule has 0 radical (unpaired) electrons. The largest absolute Gasteiger partial charge is 0.316 e. The van der Waals surface area contributed by atoms with E-state index in [0.29, 0.717) is 12.0 Å². The average molecular weight is 242 g/mol. The van der Waals surface area contributed by atoms with Crippen LogP contribution in [0.25, 0.3) is 0 Å². The summed E-state index contributed by atoms with van der Waals surface area (Å²) in [5.41, 5.74) is 0.903. The summed E-state index contributed by atoms with van der Waals surface area (Å²) in [6, 6.07) is 5.44. The van der Waals surface area contributed by atoms with Gasteiger partial charge in [-0.1, -0.05) is 30.7 Å². The van der Waals surface area contributed by atoms with Crippen molar-refractivity contribution in [2.24, 2.45) is 11.8 Å². The molecule has 3 atom stereocenters. The van der Waals surface area contributed by atoms with Gasteiger partial charge < -0.3 is 5.32 Å². The molecule has 1 aliphatic rings. The van der Waals surface area contributed by atoms with Crippen LogP contribution in [0.4, 0.5) is 4.39 Å². The SMILES string of the molecule is CNC(Cc1cccc(F)c1Cl)C1CC1C. The van der Waals surface area contributed by atoms with Crippen LogP contribution < -0.4 is 5.32 Å². The van der Waals surface area contributed by atoms with E-state index in [1.165, 1.54) is 12.5 Å². The molecule has 88 valence electrons. The molecule has 1 aliphatic carbocycles. The van der Waals surface area contributed by atoms with Crippen LogP contribution >= 0.6 is 11.6 Å². The van der Waals surface area contributed by atoms with Crippen LogP contribution in [0, 0.1) is 17.7 Å². The molecular weight excluding hydrogens is 225 g/mol. The lowest BCUT2D eigenvalue weighted by atomic mass is 10.0. The average Bonchev–Trinajstić information content (AvgIpc) is 2.98. The highest BCUT2D eigenvalue weighted by Crippen LogP contribution is 2.41. The molecule has 0 amide bonds. The molecule has 1 nitrogen and oxygen atoms in total. The van der Waals surface area contributed by atoms with Crippen molar-refractivity contribution in [1.29, 1.82) is 0 Å². The van der Waals surface area contributed by atoms with Crippen LogP contribution in [0.5, 0.6) is 0 Å². The fourth-order valence-electron chi connectivity index (χ4n) is 2.32. The highest BCUT2D eigenvalue weighted by atomic mass is 35.5. The molecule has 0 heterocycles. The smallest absolute Gasteiger partial charge is 0.142 e. The molecule has 1 saturated carbocycles. The van der Waals surface area contributed by atoms with Crippen LogP contribution in [0.1, 0.15) is 18.9 Å². The summed E-state index contributed by atoms with van der Waals surface area (Å²) in [5.74, 6) is 1.17. The first-order valence-electron chi connectivity index (χ1n) is 5.73. The summed E-state index contributed by atoms with van der Waals surface area (Å²) >= 11 is 5.95. The molecular formula is C13H17ClFN. The van der Waals surface area contributed by atoms with Crippen molar-refractivity contribution in [1.82, 2.24) is 5.32 Å². The van der Waals surface area contributed by atoms with Crippen molar-refractivity contribution in [3.63, 3.8) is 0 Å². The summed E-state index contributed by atoms with van der Waals surface area (Å²) in [5, 5.41) is 3.58. The van der Waals surface area contributed by atoms with Gasteiger partial charge in [-0.15, -0.1) is 0 Å². The van der Waals surface area contributed by atoms with E-state index < -0.39 is 0 Å². The molecule has 0 saturated heterocycles. The number of benzene rings is 1. The van der Waals surface area contributed by atoms with Crippen LogP contribution in [-0.2, 0) is 6.42 Å². The van der Waals surface area contributed by atoms with E-state index in [1.54, 1.807) is 6.07 Å². The fourth-order valence-corrected chi connectivity index (χ4v) is 2.53. The third-order valence-corrected chi connectivity index (χ3v) is 3.95. The van der Waals surface area contributed by atoms with Crippen LogP contribution in [0.2, 0.25) is 5.02 Å². The van der Waals surface area contributed by atoms with Gasteiger partial charge >= 0.3 is 0 Å². The highest BCUT2D eigenvalue weighted by Gasteiger charge is 2.38. The zero-order valence-corrected chi connectivity index (χ0v) is 10.4. The zero-order valence-electron chi connectivity index (χ0n) is 9.63. The number of hydrogen-bond acceptors (Lipinski definition) is 1. The van der Waals surface area contributed by atoms with Gasteiger partial charge in [0.1, 0.15) is 5.82 Å². The number of likely N-dealkylation sites (N-methyl/N-ethyl adjacent to an activating group) is 1. The Labute approximate surface area is 101 Å². The third kappa shape index (κ3) is 2.38. The van der Waals surface area contributed by atoms with E-state index in [2.05, 4.69) is 12.2 Å². The van der Waals surface area contributed by atoms with Crippen molar-refractivity contribution in [3.05, 3.63) is 34.6 Å². The summed E-state index contributed by atoms with van der Waals surface area (Å²) in [6.45, 7) is 2.25. The lowest BCUT2D eigenvalue weighted by Gasteiger charge is -2.16. The van der Waals surface area contributed by atoms with Gasteiger partial charge in [-0.3, -0.25) is 0 Å². The Bertz CT molecular complexity index is 380. The standard InChI is InChI=1S/C13H17ClFN/c1-8-6-10(8)12(16-2)7-9-4-3-5-11(15)13(9)14/h3-5,8,10,12,16H,6-7H2,1-2H3. The quantitative estimate of drug-likeness (QED) is 0.853. The molecule has 2 rings (SSSR count). The summed E-state index contributed by atoms with van der Waals surface area (Å²) in [7, 11) is 1.96. The van der Waals surface area contributed by atoms with Crippen molar-refractivity contribution in [2.45, 2.75) is 25.8 Å². The van der Waals surface area contributed by atoms with E-state index >= 15 is 0 Å².